The fourth-order valence-corrected chi connectivity index (χ4v) is 2.11. The first-order valence-corrected chi connectivity index (χ1v) is 6.45. The number of nitrogens with zero attached hydrogens (tertiary/aromatic N) is 1. The Bertz CT molecular complexity index is 666. The first kappa shape index (κ1) is 16.4. The Morgan fingerprint density at radius 3 is 2.64 bits per heavy atom. The van der Waals surface area contributed by atoms with Crippen LogP contribution in [-0.4, -0.2) is 55.8 Å². The number of carbonyl (C=O) groups excluding carboxylic acids is 1. The topological polar surface area (TPSA) is 151 Å². The molecule has 0 unspecified atom stereocenters. The number of hydrogen-bond acceptors (Lipinski definition) is 8. The van der Waals surface area contributed by atoms with E-state index in [2.05, 4.69) is 4.74 Å². The van der Waals surface area contributed by atoms with Gasteiger partial charge in [-0.25, -0.2) is 4.79 Å². The molecule has 0 spiro atoms. The van der Waals surface area contributed by atoms with E-state index in [1.807, 2.05) is 4.98 Å². The lowest BCUT2D eigenvalue weighted by Gasteiger charge is -2.17. The van der Waals surface area contributed by atoms with Crippen LogP contribution in [0.1, 0.15) is 18.7 Å². The Morgan fingerprint density at radius 1 is 1.41 bits per heavy atom. The number of aromatic nitrogens is 2. The average molecular weight is 316 g/mol. The first-order valence-electron chi connectivity index (χ1n) is 6.45. The summed E-state index contributed by atoms with van der Waals surface area (Å²) in [6.45, 7) is 0.253. The molecule has 10 heteroatoms. The number of ether oxygens (including phenoxy) is 2. The number of aromatic amines is 1. The van der Waals surface area contributed by atoms with Crippen LogP contribution in [0.2, 0.25) is 0 Å². The van der Waals surface area contributed by atoms with Crippen molar-refractivity contribution >= 4 is 5.97 Å². The van der Waals surface area contributed by atoms with E-state index in [1.54, 1.807) is 0 Å². The number of rotatable bonds is 4. The van der Waals surface area contributed by atoms with E-state index < -0.39 is 48.4 Å². The van der Waals surface area contributed by atoms with E-state index in [9.17, 15) is 24.6 Å². The number of aliphatic hydroxyl groups is 3. The molecule has 0 saturated carbocycles. The second-order valence-corrected chi connectivity index (χ2v) is 4.83. The smallest absolute Gasteiger partial charge is 0.330 e. The average Bonchev–Trinajstić information content (AvgIpc) is 2.74. The van der Waals surface area contributed by atoms with E-state index in [-0.39, 0.29) is 12.2 Å². The summed E-state index contributed by atoms with van der Waals surface area (Å²) in [6.07, 6.45) is -4.12. The molecule has 2 rings (SSSR count). The molecule has 0 aromatic carbocycles. The van der Waals surface area contributed by atoms with Gasteiger partial charge in [-0.1, -0.05) is 0 Å². The molecule has 1 aliphatic heterocycles. The van der Waals surface area contributed by atoms with Crippen molar-refractivity contribution in [3.8, 4) is 0 Å². The second-order valence-electron chi connectivity index (χ2n) is 4.83. The molecule has 4 N–H and O–H groups in total. The largest absolute Gasteiger partial charge is 0.461 e. The number of nitrogens with one attached hydrogen (secondary N) is 1. The minimum absolute atomic E-state index is 0.0347. The summed E-state index contributed by atoms with van der Waals surface area (Å²) in [5.74, 6) is -0.606. The van der Waals surface area contributed by atoms with Crippen molar-refractivity contribution in [3.05, 3.63) is 32.6 Å². The molecule has 0 bridgehead atoms. The lowest BCUT2D eigenvalue weighted by Crippen LogP contribution is -2.39. The standard InChI is InChI=1S/C12H16N2O8/c1-5(16)21-4-6-2-14(12(20)13-10(6)19)11-9(18)8(17)7(3-15)22-11/h2,7-9,11,15,17-18H,3-4H2,1H3,(H,13,19,20)/t7-,8-,9-,11-/m1/s1. The Morgan fingerprint density at radius 2 is 2.09 bits per heavy atom. The summed E-state index contributed by atoms with van der Waals surface area (Å²) >= 11 is 0. The fourth-order valence-electron chi connectivity index (χ4n) is 2.11. The van der Waals surface area contributed by atoms with Gasteiger partial charge >= 0.3 is 11.7 Å². The van der Waals surface area contributed by atoms with Gasteiger partial charge in [0.05, 0.1) is 12.2 Å². The van der Waals surface area contributed by atoms with Gasteiger partial charge in [-0.05, 0) is 0 Å². The Kier molecular flexibility index (Phi) is 4.76. The Hall–Kier alpha value is -2.01. The van der Waals surface area contributed by atoms with E-state index in [0.717, 1.165) is 17.7 Å². The molecule has 1 fully saturated rings. The van der Waals surface area contributed by atoms with Crippen LogP contribution in [0.15, 0.2) is 15.8 Å². The van der Waals surface area contributed by atoms with Crippen LogP contribution in [0.25, 0.3) is 0 Å². The number of esters is 1. The number of H-pyrrole nitrogens is 1. The molecule has 2 heterocycles. The highest BCUT2D eigenvalue weighted by atomic mass is 16.6. The molecule has 1 aliphatic rings. The van der Waals surface area contributed by atoms with Gasteiger partial charge in [-0.3, -0.25) is 19.1 Å². The molecular weight excluding hydrogens is 300 g/mol. The third-order valence-electron chi connectivity index (χ3n) is 3.26. The molecular formula is C12H16N2O8. The van der Waals surface area contributed by atoms with Crippen LogP contribution in [0.4, 0.5) is 0 Å². The van der Waals surface area contributed by atoms with Crippen molar-refractivity contribution in [3.63, 3.8) is 0 Å². The van der Waals surface area contributed by atoms with Crippen LogP contribution in [0, 0.1) is 0 Å². The molecule has 10 nitrogen and oxygen atoms in total. The third-order valence-corrected chi connectivity index (χ3v) is 3.26. The highest BCUT2D eigenvalue weighted by Crippen LogP contribution is 2.27. The van der Waals surface area contributed by atoms with E-state index in [1.165, 1.54) is 0 Å². The number of carbonyl (C=O) groups is 1. The maximum absolute atomic E-state index is 11.8. The van der Waals surface area contributed by atoms with Crippen LogP contribution in [0.3, 0.4) is 0 Å². The zero-order chi connectivity index (χ0) is 16.4. The SMILES string of the molecule is CC(=O)OCc1cn([C@@H]2O[C@H](CO)[C@@H](O)[C@H]2O)c(=O)[nH]c1=O. The summed E-state index contributed by atoms with van der Waals surface area (Å²) < 4.78 is 10.8. The van der Waals surface area contributed by atoms with Crippen molar-refractivity contribution in [2.24, 2.45) is 0 Å². The maximum atomic E-state index is 11.8. The third kappa shape index (κ3) is 3.09. The molecule has 122 valence electrons. The summed E-state index contributed by atoms with van der Waals surface area (Å²) in [7, 11) is 0. The minimum Gasteiger partial charge on any atom is -0.461 e. The molecule has 1 saturated heterocycles. The van der Waals surface area contributed by atoms with Gasteiger partial charge in [0.2, 0.25) is 0 Å². The zero-order valence-corrected chi connectivity index (χ0v) is 11.6. The minimum atomic E-state index is -1.47. The lowest BCUT2D eigenvalue weighted by atomic mass is 10.1. The van der Waals surface area contributed by atoms with Gasteiger partial charge in [0.1, 0.15) is 24.9 Å². The molecule has 1 aromatic heterocycles. The van der Waals surface area contributed by atoms with E-state index >= 15 is 0 Å². The van der Waals surface area contributed by atoms with E-state index in [0.29, 0.717) is 0 Å². The normalized spacial score (nSPS) is 27.8. The second kappa shape index (κ2) is 6.40. The van der Waals surface area contributed by atoms with Crippen molar-refractivity contribution in [2.45, 2.75) is 38.1 Å². The van der Waals surface area contributed by atoms with Crippen LogP contribution >= 0.6 is 0 Å². The van der Waals surface area contributed by atoms with Gasteiger partial charge in [-0.15, -0.1) is 0 Å². The van der Waals surface area contributed by atoms with Crippen LogP contribution < -0.4 is 11.2 Å². The highest BCUT2D eigenvalue weighted by Gasteiger charge is 2.43. The lowest BCUT2D eigenvalue weighted by molar-refractivity contribution is -0.142. The van der Waals surface area contributed by atoms with Gasteiger partial charge in [0.25, 0.3) is 5.56 Å². The summed E-state index contributed by atoms with van der Waals surface area (Å²) in [5, 5.41) is 28.6. The monoisotopic (exact) mass is 316 g/mol. The molecule has 4 atom stereocenters. The van der Waals surface area contributed by atoms with Crippen molar-refractivity contribution in [1.82, 2.24) is 9.55 Å². The van der Waals surface area contributed by atoms with Crippen molar-refractivity contribution in [2.75, 3.05) is 6.61 Å². The summed E-state index contributed by atoms with van der Waals surface area (Å²) in [5.41, 5.74) is -1.65. The summed E-state index contributed by atoms with van der Waals surface area (Å²) in [4.78, 5) is 36.2. The molecule has 22 heavy (non-hydrogen) atoms. The van der Waals surface area contributed by atoms with Crippen molar-refractivity contribution < 1.29 is 29.6 Å². The van der Waals surface area contributed by atoms with Gasteiger partial charge < -0.3 is 24.8 Å². The quantitative estimate of drug-likeness (QED) is 0.435. The molecule has 0 radical (unpaired) electrons. The summed E-state index contributed by atoms with van der Waals surface area (Å²) in [6, 6.07) is 0. The predicted molar refractivity (Wildman–Crippen MR) is 69.8 cm³/mol. The highest BCUT2D eigenvalue weighted by molar-refractivity contribution is 5.65. The van der Waals surface area contributed by atoms with Gasteiger partial charge in [0.15, 0.2) is 6.23 Å². The van der Waals surface area contributed by atoms with Gasteiger partial charge in [-0.2, -0.15) is 0 Å². The molecule has 1 aromatic rings. The fraction of sp³-hybridized carbons (Fsp3) is 0.583. The van der Waals surface area contributed by atoms with Gasteiger partial charge in [0, 0.05) is 13.1 Å². The molecule has 0 amide bonds. The Labute approximate surface area is 123 Å². The van der Waals surface area contributed by atoms with Crippen LogP contribution in [0.5, 0.6) is 0 Å². The predicted octanol–water partition coefficient (Wildman–Crippen LogP) is -2.79. The molecule has 0 aliphatic carbocycles. The van der Waals surface area contributed by atoms with Crippen molar-refractivity contribution in [1.29, 1.82) is 0 Å². The number of aliphatic hydroxyl groups excluding tert-OH is 3. The first-order chi connectivity index (χ1) is 10.3. The zero-order valence-electron chi connectivity index (χ0n) is 11.6. The van der Waals surface area contributed by atoms with E-state index in [4.69, 9.17) is 9.84 Å². The maximum Gasteiger partial charge on any atom is 0.330 e. The van der Waals surface area contributed by atoms with Crippen LogP contribution in [-0.2, 0) is 20.9 Å². The Balaban J connectivity index is 2.35. The number of hydrogen-bond donors (Lipinski definition) is 4.